The Morgan fingerprint density at radius 1 is 1.53 bits per heavy atom. The maximum Gasteiger partial charge on any atom is 0.224 e. The van der Waals surface area contributed by atoms with Crippen molar-refractivity contribution in [1.82, 2.24) is 0 Å². The molecule has 0 unspecified atom stereocenters. The Bertz CT molecular complexity index is 354. The summed E-state index contributed by atoms with van der Waals surface area (Å²) in [6, 6.07) is 5.32. The fourth-order valence-corrected chi connectivity index (χ4v) is 1.66. The first-order chi connectivity index (χ1) is 7.13. The lowest BCUT2D eigenvalue weighted by atomic mass is 10.2. The van der Waals surface area contributed by atoms with Crippen LogP contribution >= 0.6 is 27.5 Å². The number of amides is 1. The van der Waals surface area contributed by atoms with E-state index in [1.165, 1.54) is 0 Å². The van der Waals surface area contributed by atoms with E-state index in [4.69, 9.17) is 11.6 Å². The number of carbonyl (C=O) groups is 1. The first kappa shape index (κ1) is 12.5. The van der Waals surface area contributed by atoms with Crippen molar-refractivity contribution in [2.24, 2.45) is 0 Å². The van der Waals surface area contributed by atoms with Gasteiger partial charge in [-0.25, -0.2) is 0 Å². The molecular weight excluding hydrogens is 277 g/mol. The molecule has 0 fully saturated rings. The topological polar surface area (TPSA) is 29.1 Å². The van der Waals surface area contributed by atoms with Gasteiger partial charge in [-0.2, -0.15) is 0 Å². The molecule has 1 aromatic rings. The highest BCUT2D eigenvalue weighted by Crippen LogP contribution is 2.25. The predicted octanol–water partition coefficient (Wildman–Crippen LogP) is 4.23. The second-order valence-electron chi connectivity index (χ2n) is 3.28. The zero-order valence-corrected chi connectivity index (χ0v) is 10.9. The Hall–Kier alpha value is -0.540. The lowest BCUT2D eigenvalue weighted by molar-refractivity contribution is -0.116. The molecule has 0 atom stereocenters. The van der Waals surface area contributed by atoms with E-state index in [-0.39, 0.29) is 5.91 Å². The van der Waals surface area contributed by atoms with Gasteiger partial charge in [-0.3, -0.25) is 4.79 Å². The van der Waals surface area contributed by atoms with Crippen LogP contribution in [0.5, 0.6) is 0 Å². The summed E-state index contributed by atoms with van der Waals surface area (Å²) in [7, 11) is 0. The molecule has 0 saturated heterocycles. The fraction of sp³-hybridized carbons (Fsp3) is 0.364. The zero-order valence-electron chi connectivity index (χ0n) is 8.52. The highest BCUT2D eigenvalue weighted by Gasteiger charge is 2.05. The van der Waals surface area contributed by atoms with Crippen LogP contribution in [-0.2, 0) is 4.79 Å². The van der Waals surface area contributed by atoms with Gasteiger partial charge in [-0.15, -0.1) is 0 Å². The first-order valence-corrected chi connectivity index (χ1v) is 6.05. The van der Waals surface area contributed by atoms with Crippen LogP contribution < -0.4 is 5.32 Å². The summed E-state index contributed by atoms with van der Waals surface area (Å²) in [6.45, 7) is 2.06. The Balaban J connectivity index is 2.63. The minimum absolute atomic E-state index is 0.0276. The number of carbonyl (C=O) groups excluding carboxylic acids is 1. The summed E-state index contributed by atoms with van der Waals surface area (Å²) < 4.78 is 0.844. The van der Waals surface area contributed by atoms with Crippen LogP contribution in [0.3, 0.4) is 0 Å². The highest BCUT2D eigenvalue weighted by atomic mass is 79.9. The van der Waals surface area contributed by atoms with E-state index in [2.05, 4.69) is 28.2 Å². The van der Waals surface area contributed by atoms with Gasteiger partial charge in [-0.1, -0.05) is 24.9 Å². The van der Waals surface area contributed by atoms with Crippen molar-refractivity contribution < 1.29 is 4.79 Å². The Kier molecular flexibility index (Phi) is 5.12. The minimum Gasteiger partial charge on any atom is -0.325 e. The van der Waals surface area contributed by atoms with Crippen LogP contribution in [0.2, 0.25) is 5.02 Å². The van der Waals surface area contributed by atoms with Crippen LogP contribution in [0.25, 0.3) is 0 Å². The molecule has 0 aliphatic carbocycles. The van der Waals surface area contributed by atoms with Crippen LogP contribution in [0.4, 0.5) is 5.69 Å². The Morgan fingerprint density at radius 2 is 2.27 bits per heavy atom. The third-order valence-corrected chi connectivity index (χ3v) is 2.89. The Morgan fingerprint density at radius 3 is 2.93 bits per heavy atom. The van der Waals surface area contributed by atoms with E-state index < -0.39 is 0 Å². The summed E-state index contributed by atoms with van der Waals surface area (Å²) in [5.41, 5.74) is 0.726. The molecule has 0 aliphatic heterocycles. The van der Waals surface area contributed by atoms with E-state index in [1.54, 1.807) is 12.1 Å². The maximum absolute atomic E-state index is 11.5. The SMILES string of the molecule is CCCCC(=O)Nc1cc(Cl)ccc1Br. The fourth-order valence-electron chi connectivity index (χ4n) is 1.14. The maximum atomic E-state index is 11.5. The lowest BCUT2D eigenvalue weighted by Gasteiger charge is -2.07. The largest absolute Gasteiger partial charge is 0.325 e. The Labute approximate surface area is 103 Å². The third kappa shape index (κ3) is 4.22. The normalized spacial score (nSPS) is 10.1. The first-order valence-electron chi connectivity index (χ1n) is 4.88. The number of benzene rings is 1. The zero-order chi connectivity index (χ0) is 11.3. The number of unbranched alkanes of at least 4 members (excludes halogenated alkanes) is 1. The second kappa shape index (κ2) is 6.13. The molecular formula is C11H13BrClNO. The van der Waals surface area contributed by atoms with E-state index in [0.717, 1.165) is 23.0 Å². The molecule has 1 rings (SSSR count). The van der Waals surface area contributed by atoms with Gasteiger partial charge in [0.2, 0.25) is 5.91 Å². The minimum atomic E-state index is 0.0276. The third-order valence-electron chi connectivity index (χ3n) is 1.96. The highest BCUT2D eigenvalue weighted by molar-refractivity contribution is 9.10. The number of hydrogen-bond acceptors (Lipinski definition) is 1. The van der Waals surface area contributed by atoms with Crippen LogP contribution in [-0.4, -0.2) is 5.91 Å². The molecule has 1 N–H and O–H groups in total. The molecule has 0 aromatic heterocycles. The van der Waals surface area contributed by atoms with Gasteiger partial charge in [0.1, 0.15) is 0 Å². The second-order valence-corrected chi connectivity index (χ2v) is 4.57. The summed E-state index contributed by atoms with van der Waals surface area (Å²) in [5, 5.41) is 3.43. The van der Waals surface area contributed by atoms with Crippen molar-refractivity contribution >= 4 is 39.1 Å². The molecule has 1 aromatic carbocycles. The summed E-state index contributed by atoms with van der Waals surface area (Å²) in [4.78, 5) is 11.5. The summed E-state index contributed by atoms with van der Waals surface area (Å²) in [5.74, 6) is 0.0276. The standard InChI is InChI=1S/C11H13BrClNO/c1-2-3-4-11(15)14-10-7-8(13)5-6-9(10)12/h5-7H,2-4H2,1H3,(H,14,15). The molecule has 0 saturated carbocycles. The van der Waals surface area contributed by atoms with Crippen LogP contribution in [0.15, 0.2) is 22.7 Å². The number of rotatable bonds is 4. The molecule has 0 radical (unpaired) electrons. The summed E-state index contributed by atoms with van der Waals surface area (Å²) >= 11 is 9.19. The van der Waals surface area contributed by atoms with Gasteiger partial charge in [0.05, 0.1) is 5.69 Å². The molecule has 0 spiro atoms. The molecule has 1 amide bonds. The smallest absolute Gasteiger partial charge is 0.224 e. The van der Waals surface area contributed by atoms with Gasteiger partial charge in [0.15, 0.2) is 0 Å². The van der Waals surface area contributed by atoms with Crippen molar-refractivity contribution in [2.75, 3.05) is 5.32 Å². The number of nitrogens with one attached hydrogen (secondary N) is 1. The number of anilines is 1. The lowest BCUT2D eigenvalue weighted by Crippen LogP contribution is -2.11. The molecule has 2 nitrogen and oxygen atoms in total. The average Bonchev–Trinajstić information content (AvgIpc) is 2.20. The average molecular weight is 291 g/mol. The van der Waals surface area contributed by atoms with E-state index in [9.17, 15) is 4.79 Å². The van der Waals surface area contributed by atoms with E-state index in [0.29, 0.717) is 11.4 Å². The number of hydrogen-bond donors (Lipinski definition) is 1. The van der Waals surface area contributed by atoms with E-state index >= 15 is 0 Å². The molecule has 15 heavy (non-hydrogen) atoms. The monoisotopic (exact) mass is 289 g/mol. The predicted molar refractivity (Wildman–Crippen MR) is 67.3 cm³/mol. The van der Waals surface area contributed by atoms with Crippen LogP contribution in [0.1, 0.15) is 26.2 Å². The van der Waals surface area contributed by atoms with Gasteiger partial charge in [0.25, 0.3) is 0 Å². The quantitative estimate of drug-likeness (QED) is 0.883. The van der Waals surface area contributed by atoms with Crippen molar-refractivity contribution in [1.29, 1.82) is 0 Å². The van der Waals surface area contributed by atoms with Gasteiger partial charge >= 0.3 is 0 Å². The van der Waals surface area contributed by atoms with Crippen molar-refractivity contribution in [3.05, 3.63) is 27.7 Å². The van der Waals surface area contributed by atoms with Crippen molar-refractivity contribution in [2.45, 2.75) is 26.2 Å². The van der Waals surface area contributed by atoms with Crippen LogP contribution in [0, 0.1) is 0 Å². The molecule has 0 aliphatic rings. The summed E-state index contributed by atoms with van der Waals surface area (Å²) in [6.07, 6.45) is 2.48. The van der Waals surface area contributed by atoms with Crippen molar-refractivity contribution in [3.63, 3.8) is 0 Å². The van der Waals surface area contributed by atoms with Gasteiger partial charge in [-0.05, 0) is 40.5 Å². The number of halogens is 2. The molecule has 82 valence electrons. The molecule has 0 bridgehead atoms. The molecule has 0 heterocycles. The van der Waals surface area contributed by atoms with Gasteiger partial charge < -0.3 is 5.32 Å². The van der Waals surface area contributed by atoms with Crippen molar-refractivity contribution in [3.8, 4) is 0 Å². The molecule has 4 heteroatoms. The van der Waals surface area contributed by atoms with E-state index in [1.807, 2.05) is 6.07 Å². The van der Waals surface area contributed by atoms with Gasteiger partial charge in [0, 0.05) is 15.9 Å².